The maximum Gasteiger partial charge on any atom is 0.224 e. The second-order valence-electron chi connectivity index (χ2n) is 5.54. The molecular formula is C14H24FN5. The lowest BCUT2D eigenvalue weighted by Gasteiger charge is -2.20. The van der Waals surface area contributed by atoms with Crippen molar-refractivity contribution in [2.75, 3.05) is 36.8 Å². The molecule has 112 valence electrons. The lowest BCUT2D eigenvalue weighted by atomic mass is 10.1. The number of nitrogens with one attached hydrogen (secondary N) is 2. The summed E-state index contributed by atoms with van der Waals surface area (Å²) in [5, 5.41) is 6.11. The van der Waals surface area contributed by atoms with Crippen molar-refractivity contribution in [3.63, 3.8) is 0 Å². The minimum atomic E-state index is -0.398. The summed E-state index contributed by atoms with van der Waals surface area (Å²) in [5.41, 5.74) is 0. The van der Waals surface area contributed by atoms with E-state index in [4.69, 9.17) is 0 Å². The smallest absolute Gasteiger partial charge is 0.224 e. The highest BCUT2D eigenvalue weighted by Gasteiger charge is 2.24. The number of aromatic nitrogens is 2. The van der Waals surface area contributed by atoms with Gasteiger partial charge in [0, 0.05) is 25.7 Å². The molecule has 0 radical (unpaired) electrons. The Labute approximate surface area is 120 Å². The number of nitrogens with zero attached hydrogens (tertiary/aromatic N) is 3. The van der Waals surface area contributed by atoms with Crippen molar-refractivity contribution < 1.29 is 4.39 Å². The van der Waals surface area contributed by atoms with Crippen LogP contribution in [0.25, 0.3) is 0 Å². The van der Waals surface area contributed by atoms with Crippen LogP contribution in [0.1, 0.15) is 27.2 Å². The number of hydrogen-bond donors (Lipinski definition) is 2. The first-order valence-corrected chi connectivity index (χ1v) is 7.34. The lowest BCUT2D eigenvalue weighted by Crippen LogP contribution is -2.29. The summed E-state index contributed by atoms with van der Waals surface area (Å²) >= 11 is 0. The van der Waals surface area contributed by atoms with Crippen molar-refractivity contribution >= 4 is 11.8 Å². The maximum absolute atomic E-state index is 13.7. The molecule has 1 unspecified atom stereocenters. The van der Waals surface area contributed by atoms with Gasteiger partial charge < -0.3 is 15.5 Å². The molecule has 0 aliphatic carbocycles. The topological polar surface area (TPSA) is 53.1 Å². The molecule has 5 nitrogen and oxygen atoms in total. The van der Waals surface area contributed by atoms with Crippen LogP contribution in [0, 0.1) is 11.7 Å². The van der Waals surface area contributed by atoms with Gasteiger partial charge in [-0.3, -0.25) is 0 Å². The normalized spacial score (nSPS) is 19.6. The van der Waals surface area contributed by atoms with Crippen molar-refractivity contribution in [2.24, 2.45) is 5.92 Å². The van der Waals surface area contributed by atoms with Gasteiger partial charge in [-0.05, 0) is 39.7 Å². The molecule has 0 amide bonds. The van der Waals surface area contributed by atoms with E-state index < -0.39 is 5.82 Å². The van der Waals surface area contributed by atoms with Crippen LogP contribution in [0.3, 0.4) is 0 Å². The summed E-state index contributed by atoms with van der Waals surface area (Å²) in [6.07, 6.45) is 2.36. The van der Waals surface area contributed by atoms with Gasteiger partial charge in [0.25, 0.3) is 0 Å². The average Bonchev–Trinajstić information content (AvgIpc) is 2.89. The maximum atomic E-state index is 13.7. The molecule has 6 heteroatoms. The van der Waals surface area contributed by atoms with E-state index in [0.29, 0.717) is 23.7 Å². The first-order valence-electron chi connectivity index (χ1n) is 7.34. The monoisotopic (exact) mass is 281 g/mol. The van der Waals surface area contributed by atoms with Gasteiger partial charge in [-0.25, -0.2) is 9.37 Å². The fourth-order valence-electron chi connectivity index (χ4n) is 2.47. The number of halogens is 1. The van der Waals surface area contributed by atoms with Gasteiger partial charge in [0.1, 0.15) is 0 Å². The first kappa shape index (κ1) is 15.0. The summed E-state index contributed by atoms with van der Waals surface area (Å²) in [5.74, 6) is 0.908. The molecule has 0 spiro atoms. The van der Waals surface area contributed by atoms with Gasteiger partial charge in [-0.1, -0.05) is 0 Å². The Hall–Kier alpha value is -1.43. The third-order valence-electron chi connectivity index (χ3n) is 3.68. The Morgan fingerprint density at radius 1 is 1.45 bits per heavy atom. The van der Waals surface area contributed by atoms with Crippen LogP contribution in [0.4, 0.5) is 16.2 Å². The molecule has 2 heterocycles. The van der Waals surface area contributed by atoms with Crippen molar-refractivity contribution in [1.82, 2.24) is 14.9 Å². The van der Waals surface area contributed by atoms with E-state index in [1.54, 1.807) is 0 Å². The van der Waals surface area contributed by atoms with Crippen molar-refractivity contribution in [3.05, 3.63) is 12.0 Å². The number of rotatable bonds is 6. The molecule has 0 aromatic carbocycles. The predicted octanol–water partition coefficient (Wildman–Crippen LogP) is 2.19. The van der Waals surface area contributed by atoms with Crippen LogP contribution in [0.15, 0.2) is 6.20 Å². The Kier molecular flexibility index (Phi) is 5.11. The Balaban J connectivity index is 1.89. The molecule has 0 saturated carbocycles. The average molecular weight is 281 g/mol. The van der Waals surface area contributed by atoms with Crippen LogP contribution < -0.4 is 10.6 Å². The number of anilines is 2. The van der Waals surface area contributed by atoms with Crippen LogP contribution in [0.5, 0.6) is 0 Å². The third-order valence-corrected chi connectivity index (χ3v) is 3.68. The van der Waals surface area contributed by atoms with Gasteiger partial charge in [0.2, 0.25) is 5.95 Å². The zero-order valence-corrected chi connectivity index (χ0v) is 12.5. The zero-order valence-electron chi connectivity index (χ0n) is 12.5. The Morgan fingerprint density at radius 2 is 2.25 bits per heavy atom. The zero-order chi connectivity index (χ0) is 14.5. The van der Waals surface area contributed by atoms with E-state index >= 15 is 0 Å². The van der Waals surface area contributed by atoms with Crippen LogP contribution in [-0.4, -0.2) is 47.1 Å². The molecule has 2 rings (SSSR count). The molecular weight excluding hydrogens is 257 g/mol. The molecule has 0 bridgehead atoms. The van der Waals surface area contributed by atoms with Gasteiger partial charge >= 0.3 is 0 Å². The van der Waals surface area contributed by atoms with Crippen molar-refractivity contribution in [1.29, 1.82) is 0 Å². The van der Waals surface area contributed by atoms with Crippen molar-refractivity contribution in [2.45, 2.75) is 33.2 Å². The van der Waals surface area contributed by atoms with Crippen molar-refractivity contribution in [3.8, 4) is 0 Å². The van der Waals surface area contributed by atoms with E-state index in [9.17, 15) is 4.39 Å². The highest BCUT2D eigenvalue weighted by molar-refractivity contribution is 5.41. The molecule has 1 aromatic heterocycles. The molecule has 1 aliphatic heterocycles. The fraction of sp³-hybridized carbons (Fsp3) is 0.714. The second-order valence-corrected chi connectivity index (χ2v) is 5.54. The van der Waals surface area contributed by atoms with Gasteiger partial charge in [-0.2, -0.15) is 4.98 Å². The fourth-order valence-corrected chi connectivity index (χ4v) is 2.47. The van der Waals surface area contributed by atoms with Gasteiger partial charge in [0.05, 0.1) is 6.20 Å². The summed E-state index contributed by atoms with van der Waals surface area (Å²) in [6, 6.07) is 0.580. The molecule has 1 aromatic rings. The second kappa shape index (κ2) is 6.83. The van der Waals surface area contributed by atoms with E-state index in [1.807, 2.05) is 6.92 Å². The van der Waals surface area contributed by atoms with E-state index in [2.05, 4.69) is 39.3 Å². The third kappa shape index (κ3) is 3.79. The van der Waals surface area contributed by atoms with Crippen LogP contribution in [-0.2, 0) is 0 Å². The Bertz CT molecular complexity index is 438. The van der Waals surface area contributed by atoms with Gasteiger partial charge in [-0.15, -0.1) is 0 Å². The van der Waals surface area contributed by atoms with Crippen LogP contribution >= 0.6 is 0 Å². The largest absolute Gasteiger partial charge is 0.367 e. The highest BCUT2D eigenvalue weighted by atomic mass is 19.1. The quantitative estimate of drug-likeness (QED) is 0.837. The lowest BCUT2D eigenvalue weighted by molar-refractivity contribution is 0.266. The molecule has 1 fully saturated rings. The summed E-state index contributed by atoms with van der Waals surface area (Å²) in [6.45, 7) is 10.0. The number of likely N-dealkylation sites (tertiary alicyclic amines) is 1. The molecule has 2 N–H and O–H groups in total. The number of hydrogen-bond acceptors (Lipinski definition) is 5. The summed E-state index contributed by atoms with van der Waals surface area (Å²) < 4.78 is 13.7. The predicted molar refractivity (Wildman–Crippen MR) is 79.5 cm³/mol. The molecule has 1 saturated heterocycles. The van der Waals surface area contributed by atoms with E-state index in [-0.39, 0.29) is 0 Å². The molecule has 1 aliphatic rings. The highest BCUT2D eigenvalue weighted by Crippen LogP contribution is 2.20. The summed E-state index contributed by atoms with van der Waals surface area (Å²) in [4.78, 5) is 10.5. The summed E-state index contributed by atoms with van der Waals surface area (Å²) in [7, 11) is 0. The minimum Gasteiger partial charge on any atom is -0.367 e. The van der Waals surface area contributed by atoms with Crippen LogP contribution in [0.2, 0.25) is 0 Å². The van der Waals surface area contributed by atoms with E-state index in [1.165, 1.54) is 6.20 Å². The standard InChI is InChI=1S/C14H24FN5/c1-4-16-14-18-8-12(15)13(19-14)17-7-11-5-6-20(9-11)10(2)3/h8,10-11H,4-7,9H2,1-3H3,(H2,16,17,18,19). The minimum absolute atomic E-state index is 0.291. The Morgan fingerprint density at radius 3 is 2.90 bits per heavy atom. The molecule has 20 heavy (non-hydrogen) atoms. The van der Waals surface area contributed by atoms with Gasteiger partial charge in [0.15, 0.2) is 11.6 Å². The first-order chi connectivity index (χ1) is 9.60. The van der Waals surface area contributed by atoms with E-state index in [0.717, 1.165) is 32.6 Å². The SMILES string of the molecule is CCNc1ncc(F)c(NCC2CCN(C(C)C)C2)n1. The molecule has 1 atom stereocenters.